The highest BCUT2D eigenvalue weighted by atomic mass is 16.6. The molecule has 1 fully saturated rings. The van der Waals surface area contributed by atoms with Gasteiger partial charge in [0.15, 0.2) is 0 Å². The molecule has 1 saturated carbocycles. The minimum Gasteiger partial charge on any atom is -0.444 e. The molecular formula is C14H24N4O3. The Kier molecular flexibility index (Phi) is 4.82. The highest BCUT2D eigenvalue weighted by Gasteiger charge is 2.30. The molecule has 0 aromatic carbocycles. The van der Waals surface area contributed by atoms with E-state index in [0.29, 0.717) is 5.69 Å². The molecule has 0 unspecified atom stereocenters. The van der Waals surface area contributed by atoms with Gasteiger partial charge in [-0.2, -0.15) is 0 Å². The number of carbonyl (C=O) groups is 1. The molecule has 0 radical (unpaired) electrons. The summed E-state index contributed by atoms with van der Waals surface area (Å²) in [5.74, 6) is 0. The van der Waals surface area contributed by atoms with Crippen molar-refractivity contribution in [2.24, 2.45) is 0 Å². The van der Waals surface area contributed by atoms with Crippen molar-refractivity contribution in [3.8, 4) is 0 Å². The zero-order chi connectivity index (χ0) is 15.5. The normalized spacial score (nSPS) is 22.9. The lowest BCUT2D eigenvalue weighted by molar-refractivity contribution is 0.0468. The first-order chi connectivity index (χ1) is 9.89. The van der Waals surface area contributed by atoms with Crippen molar-refractivity contribution < 1.29 is 14.6 Å². The average molecular weight is 296 g/mol. The summed E-state index contributed by atoms with van der Waals surface area (Å²) in [6.07, 6.45) is 5.30. The number of carbonyl (C=O) groups excluding carboxylic acids is 1. The summed E-state index contributed by atoms with van der Waals surface area (Å²) in [6, 6.07) is 0.0286. The highest BCUT2D eigenvalue weighted by Crippen LogP contribution is 2.28. The van der Waals surface area contributed by atoms with Crippen molar-refractivity contribution in [3.63, 3.8) is 0 Å². The number of aliphatic hydroxyl groups excluding tert-OH is 1. The smallest absolute Gasteiger partial charge is 0.407 e. The molecule has 0 saturated heterocycles. The van der Waals surface area contributed by atoms with E-state index in [1.165, 1.54) is 0 Å². The molecule has 2 atom stereocenters. The number of nitrogens with one attached hydrogen (secondary N) is 1. The van der Waals surface area contributed by atoms with E-state index in [9.17, 15) is 4.79 Å². The topological polar surface area (TPSA) is 89.3 Å². The van der Waals surface area contributed by atoms with Crippen molar-refractivity contribution in [2.45, 2.75) is 70.7 Å². The number of ether oxygens (including phenoxy) is 1. The van der Waals surface area contributed by atoms with Gasteiger partial charge in [0.25, 0.3) is 0 Å². The minimum absolute atomic E-state index is 0.0261. The van der Waals surface area contributed by atoms with Crippen LogP contribution in [-0.2, 0) is 11.3 Å². The van der Waals surface area contributed by atoms with E-state index in [-0.39, 0.29) is 18.7 Å². The van der Waals surface area contributed by atoms with Crippen molar-refractivity contribution in [2.75, 3.05) is 0 Å². The quantitative estimate of drug-likeness (QED) is 0.887. The summed E-state index contributed by atoms with van der Waals surface area (Å²) in [4.78, 5) is 11.9. The molecule has 7 heteroatoms. The van der Waals surface area contributed by atoms with Gasteiger partial charge in [-0.3, -0.25) is 0 Å². The van der Waals surface area contributed by atoms with E-state index >= 15 is 0 Å². The number of aromatic nitrogens is 3. The number of aliphatic hydroxyl groups is 1. The molecule has 2 N–H and O–H groups in total. The molecule has 1 aliphatic carbocycles. The zero-order valence-electron chi connectivity index (χ0n) is 12.9. The number of rotatable bonds is 3. The van der Waals surface area contributed by atoms with Gasteiger partial charge in [0.05, 0.1) is 24.9 Å². The number of nitrogens with zero attached hydrogens (tertiary/aromatic N) is 3. The van der Waals surface area contributed by atoms with Gasteiger partial charge in [-0.25, -0.2) is 9.48 Å². The first-order valence-corrected chi connectivity index (χ1v) is 7.40. The molecule has 0 aliphatic heterocycles. The molecule has 0 bridgehead atoms. The van der Waals surface area contributed by atoms with Gasteiger partial charge < -0.3 is 15.2 Å². The summed E-state index contributed by atoms with van der Waals surface area (Å²) in [5, 5.41) is 20.0. The largest absolute Gasteiger partial charge is 0.444 e. The van der Waals surface area contributed by atoms with Crippen LogP contribution in [0.15, 0.2) is 6.20 Å². The summed E-state index contributed by atoms with van der Waals surface area (Å²) in [5.41, 5.74) is 0.0301. The maximum atomic E-state index is 11.9. The third kappa shape index (κ3) is 4.42. The molecule has 1 aromatic heterocycles. The Balaban J connectivity index is 2.03. The van der Waals surface area contributed by atoms with Crippen LogP contribution >= 0.6 is 0 Å². The van der Waals surface area contributed by atoms with E-state index in [0.717, 1.165) is 25.7 Å². The van der Waals surface area contributed by atoms with Crippen LogP contribution in [0.4, 0.5) is 4.79 Å². The molecule has 118 valence electrons. The van der Waals surface area contributed by atoms with Crippen LogP contribution in [-0.4, -0.2) is 37.8 Å². The molecule has 2 rings (SSSR count). The second-order valence-corrected chi connectivity index (χ2v) is 6.45. The fourth-order valence-corrected chi connectivity index (χ4v) is 2.60. The third-order valence-electron chi connectivity index (χ3n) is 3.49. The summed E-state index contributed by atoms with van der Waals surface area (Å²) >= 11 is 0. The second-order valence-electron chi connectivity index (χ2n) is 6.45. The van der Waals surface area contributed by atoms with Crippen molar-refractivity contribution in [1.29, 1.82) is 0 Å². The van der Waals surface area contributed by atoms with Gasteiger partial charge in [-0.05, 0) is 33.6 Å². The Bertz CT molecular complexity index is 481. The monoisotopic (exact) mass is 296 g/mol. The molecule has 1 heterocycles. The SMILES string of the molecule is CC(C)(C)OC(=O)N[C@H]1CCCC[C@H]1n1cc(CO)nn1. The van der Waals surface area contributed by atoms with Crippen LogP contribution in [0.25, 0.3) is 0 Å². The van der Waals surface area contributed by atoms with E-state index in [1.807, 2.05) is 20.8 Å². The number of amides is 1. The molecule has 21 heavy (non-hydrogen) atoms. The first kappa shape index (κ1) is 15.8. The third-order valence-corrected chi connectivity index (χ3v) is 3.49. The van der Waals surface area contributed by atoms with Crippen LogP contribution in [0.3, 0.4) is 0 Å². The minimum atomic E-state index is -0.508. The van der Waals surface area contributed by atoms with E-state index < -0.39 is 11.7 Å². The Morgan fingerprint density at radius 2 is 2.19 bits per heavy atom. The van der Waals surface area contributed by atoms with Gasteiger partial charge in [0.1, 0.15) is 11.3 Å². The van der Waals surface area contributed by atoms with E-state index in [4.69, 9.17) is 9.84 Å². The standard InChI is InChI=1S/C14H24N4O3/c1-14(2,3)21-13(20)15-11-6-4-5-7-12(11)18-8-10(9-19)16-17-18/h8,11-12,19H,4-7,9H2,1-3H3,(H,15,20)/t11-,12+/m0/s1. The maximum Gasteiger partial charge on any atom is 0.407 e. The Morgan fingerprint density at radius 1 is 1.48 bits per heavy atom. The summed E-state index contributed by atoms with van der Waals surface area (Å²) in [6.45, 7) is 5.40. The first-order valence-electron chi connectivity index (χ1n) is 7.40. The lowest BCUT2D eigenvalue weighted by atomic mass is 9.90. The van der Waals surface area contributed by atoms with E-state index in [2.05, 4.69) is 15.6 Å². The number of alkyl carbamates (subject to hydrolysis) is 1. The zero-order valence-corrected chi connectivity index (χ0v) is 12.9. The second kappa shape index (κ2) is 6.43. The average Bonchev–Trinajstić information content (AvgIpc) is 2.85. The van der Waals surface area contributed by atoms with Gasteiger partial charge in [0, 0.05) is 0 Å². The Labute approximate surface area is 124 Å². The molecular weight excluding hydrogens is 272 g/mol. The summed E-state index contributed by atoms with van der Waals surface area (Å²) in [7, 11) is 0. The lowest BCUT2D eigenvalue weighted by Gasteiger charge is -2.32. The predicted octanol–water partition coefficient (Wildman–Crippen LogP) is 1.78. The fraction of sp³-hybridized carbons (Fsp3) is 0.786. The summed E-state index contributed by atoms with van der Waals surface area (Å²) < 4.78 is 7.06. The van der Waals surface area contributed by atoms with Crippen LogP contribution in [0.1, 0.15) is 58.2 Å². The Morgan fingerprint density at radius 3 is 2.81 bits per heavy atom. The molecule has 0 spiro atoms. The number of hydrogen-bond acceptors (Lipinski definition) is 5. The van der Waals surface area contributed by atoms with Crippen LogP contribution < -0.4 is 5.32 Å². The molecule has 1 aromatic rings. The van der Waals surface area contributed by atoms with Gasteiger partial charge in [0.2, 0.25) is 0 Å². The molecule has 1 amide bonds. The fourth-order valence-electron chi connectivity index (χ4n) is 2.60. The van der Waals surface area contributed by atoms with Crippen molar-refractivity contribution >= 4 is 6.09 Å². The van der Waals surface area contributed by atoms with Gasteiger partial charge >= 0.3 is 6.09 Å². The van der Waals surface area contributed by atoms with Gasteiger partial charge in [-0.1, -0.05) is 18.1 Å². The van der Waals surface area contributed by atoms with Crippen LogP contribution in [0.5, 0.6) is 0 Å². The molecule has 7 nitrogen and oxygen atoms in total. The number of hydrogen-bond donors (Lipinski definition) is 2. The maximum absolute atomic E-state index is 11.9. The predicted molar refractivity (Wildman–Crippen MR) is 76.6 cm³/mol. The van der Waals surface area contributed by atoms with E-state index in [1.54, 1.807) is 10.9 Å². The molecule has 1 aliphatic rings. The van der Waals surface area contributed by atoms with Crippen molar-refractivity contribution in [1.82, 2.24) is 20.3 Å². The van der Waals surface area contributed by atoms with Gasteiger partial charge in [-0.15, -0.1) is 5.10 Å². The Hall–Kier alpha value is -1.63. The van der Waals surface area contributed by atoms with Crippen LogP contribution in [0.2, 0.25) is 0 Å². The van der Waals surface area contributed by atoms with Crippen LogP contribution in [0, 0.1) is 0 Å². The van der Waals surface area contributed by atoms with Crippen molar-refractivity contribution in [3.05, 3.63) is 11.9 Å². The lowest BCUT2D eigenvalue weighted by Crippen LogP contribution is -2.45. The highest BCUT2D eigenvalue weighted by molar-refractivity contribution is 5.68.